The summed E-state index contributed by atoms with van der Waals surface area (Å²) in [5.41, 5.74) is 2.87. The van der Waals surface area contributed by atoms with Crippen LogP contribution in [0.15, 0.2) is 11.4 Å². The van der Waals surface area contributed by atoms with Crippen molar-refractivity contribution in [1.29, 1.82) is 0 Å². The Labute approximate surface area is 142 Å². The zero-order chi connectivity index (χ0) is 16.7. The van der Waals surface area contributed by atoms with E-state index in [-0.39, 0.29) is 11.9 Å². The number of carbonyl (C=O) groups is 2. The van der Waals surface area contributed by atoms with Crippen molar-refractivity contribution >= 4 is 50.6 Å². The molecule has 1 aromatic carbocycles. The molecule has 122 valence electrons. The summed E-state index contributed by atoms with van der Waals surface area (Å²) in [4.78, 5) is 28.1. The number of thiophene rings is 1. The van der Waals surface area contributed by atoms with Gasteiger partial charge in [-0.15, -0.1) is 22.9 Å². The second-order valence-electron chi connectivity index (χ2n) is 5.52. The molecule has 2 aromatic rings. The quantitative estimate of drug-likeness (QED) is 0.478. The fourth-order valence-corrected chi connectivity index (χ4v) is 4.23. The lowest BCUT2D eigenvalue weighted by Gasteiger charge is -2.18. The van der Waals surface area contributed by atoms with Gasteiger partial charge in [0, 0.05) is 37.1 Å². The van der Waals surface area contributed by atoms with Crippen molar-refractivity contribution in [1.82, 2.24) is 0 Å². The average Bonchev–Trinajstić information content (AvgIpc) is 3.00. The molecule has 0 spiro atoms. The van der Waals surface area contributed by atoms with Gasteiger partial charge in [-0.3, -0.25) is 9.59 Å². The second-order valence-corrected chi connectivity index (χ2v) is 6.71. The van der Waals surface area contributed by atoms with E-state index >= 15 is 0 Å². The molecule has 1 aromatic heterocycles. The molecule has 0 aliphatic carbocycles. The van der Waals surface area contributed by atoms with Gasteiger partial charge < -0.3 is 9.57 Å². The number of fused-ring (bicyclic) bond motifs is 3. The molecule has 0 amide bonds. The minimum Gasteiger partial charge on any atom is -0.425 e. The molecule has 23 heavy (non-hydrogen) atoms. The van der Waals surface area contributed by atoms with Crippen molar-refractivity contribution in [2.75, 3.05) is 17.5 Å². The van der Waals surface area contributed by atoms with Crippen LogP contribution in [-0.4, -0.2) is 24.4 Å². The lowest BCUT2D eigenvalue weighted by molar-refractivity contribution is -0.142. The van der Waals surface area contributed by atoms with Crippen LogP contribution in [0.4, 0.5) is 5.69 Å². The van der Waals surface area contributed by atoms with E-state index < -0.39 is 5.97 Å². The van der Waals surface area contributed by atoms with Gasteiger partial charge in [0.05, 0.1) is 16.9 Å². The minimum atomic E-state index is -0.401. The zero-order valence-corrected chi connectivity index (χ0v) is 14.6. The van der Waals surface area contributed by atoms with Gasteiger partial charge in [0.2, 0.25) is 0 Å². The Kier molecular flexibility index (Phi) is 4.21. The summed E-state index contributed by atoms with van der Waals surface area (Å²) in [6.45, 7) is 5.22. The van der Waals surface area contributed by atoms with E-state index in [9.17, 15) is 9.59 Å². The molecule has 7 heteroatoms. The molecular formula is C16H16ClNO4S. The smallest absolute Gasteiger partial charge is 0.329 e. The van der Waals surface area contributed by atoms with Gasteiger partial charge in [0.15, 0.2) is 5.75 Å². The molecule has 0 radical (unpaired) electrons. The molecule has 0 saturated carbocycles. The number of carbonyl (C=O) groups excluding carboxylic acids is 2. The highest BCUT2D eigenvalue weighted by Crippen LogP contribution is 2.48. The molecule has 1 unspecified atom stereocenters. The van der Waals surface area contributed by atoms with E-state index in [1.165, 1.54) is 30.2 Å². The van der Waals surface area contributed by atoms with Gasteiger partial charge in [-0.25, -0.2) is 5.06 Å². The minimum absolute atomic E-state index is 0.0493. The third-order valence-corrected chi connectivity index (χ3v) is 5.24. The van der Waals surface area contributed by atoms with E-state index in [0.717, 1.165) is 26.9 Å². The van der Waals surface area contributed by atoms with Crippen LogP contribution in [0.5, 0.6) is 5.75 Å². The number of halogens is 1. The number of rotatable bonds is 3. The maximum Gasteiger partial charge on any atom is 0.329 e. The van der Waals surface area contributed by atoms with Crippen molar-refractivity contribution in [2.24, 2.45) is 0 Å². The predicted molar refractivity (Wildman–Crippen MR) is 90.4 cm³/mol. The molecule has 0 N–H and O–H groups in total. The number of benzene rings is 1. The fourth-order valence-electron chi connectivity index (χ4n) is 2.96. The van der Waals surface area contributed by atoms with Gasteiger partial charge in [-0.1, -0.05) is 0 Å². The fraction of sp³-hybridized carbons (Fsp3) is 0.375. The topological polar surface area (TPSA) is 55.8 Å². The van der Waals surface area contributed by atoms with Crippen LogP contribution in [-0.2, 0) is 14.4 Å². The Morgan fingerprint density at radius 2 is 2.13 bits per heavy atom. The Bertz CT molecular complexity index is 801. The lowest BCUT2D eigenvalue weighted by atomic mass is 9.97. The van der Waals surface area contributed by atoms with Crippen LogP contribution in [0.2, 0.25) is 0 Å². The number of hydroxylamine groups is 1. The number of anilines is 1. The maximum absolute atomic E-state index is 11.4. The first kappa shape index (κ1) is 16.1. The van der Waals surface area contributed by atoms with Crippen LogP contribution in [0.1, 0.15) is 30.9 Å². The second kappa shape index (κ2) is 6.02. The van der Waals surface area contributed by atoms with Crippen molar-refractivity contribution in [3.63, 3.8) is 0 Å². The Balaban J connectivity index is 2.24. The van der Waals surface area contributed by atoms with Gasteiger partial charge in [0.25, 0.3) is 0 Å². The Hall–Kier alpha value is -1.79. The van der Waals surface area contributed by atoms with Crippen LogP contribution in [0, 0.1) is 6.92 Å². The molecular weight excluding hydrogens is 338 g/mol. The van der Waals surface area contributed by atoms with Crippen LogP contribution in [0.3, 0.4) is 0 Å². The van der Waals surface area contributed by atoms with Crippen molar-refractivity contribution < 1.29 is 19.2 Å². The number of aryl methyl sites for hydroxylation is 1. The van der Waals surface area contributed by atoms with Gasteiger partial charge in [-0.05, 0) is 23.4 Å². The summed E-state index contributed by atoms with van der Waals surface area (Å²) in [7, 11) is 0. The largest absolute Gasteiger partial charge is 0.425 e. The van der Waals surface area contributed by atoms with Crippen LogP contribution >= 0.6 is 22.9 Å². The van der Waals surface area contributed by atoms with Gasteiger partial charge in [-0.2, -0.15) is 0 Å². The highest BCUT2D eigenvalue weighted by molar-refractivity contribution is 7.17. The SMILES string of the molecule is CC(=O)Oc1cc2c(c3c(C)csc13)C(CCl)CN2OC(C)=O. The average molecular weight is 354 g/mol. The number of nitrogens with zero attached hydrogens (tertiary/aromatic N) is 1. The number of ether oxygens (including phenoxy) is 1. The van der Waals surface area contributed by atoms with Crippen LogP contribution in [0.25, 0.3) is 10.1 Å². The van der Waals surface area contributed by atoms with Crippen molar-refractivity contribution in [2.45, 2.75) is 26.7 Å². The van der Waals surface area contributed by atoms with E-state index in [1.807, 2.05) is 12.3 Å². The zero-order valence-electron chi connectivity index (χ0n) is 13.0. The number of hydrogen-bond donors (Lipinski definition) is 0. The molecule has 2 heterocycles. The van der Waals surface area contributed by atoms with E-state index in [0.29, 0.717) is 18.2 Å². The molecule has 0 fully saturated rings. The highest BCUT2D eigenvalue weighted by atomic mass is 35.5. The summed E-state index contributed by atoms with van der Waals surface area (Å²) < 4.78 is 6.27. The Morgan fingerprint density at radius 1 is 1.39 bits per heavy atom. The normalized spacial score (nSPS) is 16.5. The molecule has 0 saturated heterocycles. The van der Waals surface area contributed by atoms with Crippen LogP contribution < -0.4 is 9.80 Å². The first-order chi connectivity index (χ1) is 10.9. The summed E-state index contributed by atoms with van der Waals surface area (Å²) in [6.07, 6.45) is 0. The molecule has 3 rings (SSSR count). The number of hydrogen-bond acceptors (Lipinski definition) is 6. The predicted octanol–water partition coefficient (Wildman–Crippen LogP) is 3.76. The maximum atomic E-state index is 11.4. The third kappa shape index (κ3) is 2.77. The van der Waals surface area contributed by atoms with Crippen molar-refractivity contribution in [3.05, 3.63) is 22.6 Å². The number of alkyl halides is 1. The summed E-state index contributed by atoms with van der Waals surface area (Å²) >= 11 is 7.66. The molecule has 1 aliphatic rings. The first-order valence-corrected chi connectivity index (χ1v) is 8.59. The first-order valence-electron chi connectivity index (χ1n) is 7.17. The summed E-state index contributed by atoms with van der Waals surface area (Å²) in [5, 5.41) is 4.59. The van der Waals surface area contributed by atoms with Crippen molar-refractivity contribution in [3.8, 4) is 5.75 Å². The molecule has 0 bridgehead atoms. The molecule has 1 aliphatic heterocycles. The number of esters is 1. The monoisotopic (exact) mass is 353 g/mol. The highest BCUT2D eigenvalue weighted by Gasteiger charge is 2.34. The van der Waals surface area contributed by atoms with E-state index in [2.05, 4.69) is 0 Å². The summed E-state index contributed by atoms with van der Waals surface area (Å²) in [6, 6.07) is 1.75. The third-order valence-electron chi connectivity index (χ3n) is 3.75. The Morgan fingerprint density at radius 3 is 2.74 bits per heavy atom. The molecule has 1 atom stereocenters. The lowest BCUT2D eigenvalue weighted by Crippen LogP contribution is -2.25. The summed E-state index contributed by atoms with van der Waals surface area (Å²) in [5.74, 6) is 0.165. The standard InChI is InChI=1S/C16H16ClNO4S/c1-8-7-23-16-13(21-9(2)19)4-12-15(14(8)16)11(5-17)6-18(12)22-10(3)20/h4,7,11H,5-6H2,1-3H3. The van der Waals surface area contributed by atoms with E-state index in [4.69, 9.17) is 21.2 Å². The van der Waals surface area contributed by atoms with Gasteiger partial charge in [0.1, 0.15) is 0 Å². The van der Waals surface area contributed by atoms with E-state index in [1.54, 1.807) is 6.07 Å². The molecule has 5 nitrogen and oxygen atoms in total. The van der Waals surface area contributed by atoms with Gasteiger partial charge >= 0.3 is 11.9 Å².